The van der Waals surface area contributed by atoms with E-state index in [4.69, 9.17) is 37.9 Å². The minimum atomic E-state index is -5.06. The third-order valence-corrected chi connectivity index (χ3v) is 19.5. The van der Waals surface area contributed by atoms with Crippen LogP contribution in [0.5, 0.6) is 17.2 Å². The van der Waals surface area contributed by atoms with E-state index in [-0.39, 0.29) is 29.9 Å². The van der Waals surface area contributed by atoms with Crippen molar-refractivity contribution in [1.29, 1.82) is 0 Å². The largest absolute Gasteiger partial charge is 0.491 e. The van der Waals surface area contributed by atoms with Crippen LogP contribution in [0, 0.1) is 0 Å². The fourth-order valence-corrected chi connectivity index (χ4v) is 12.4. The SMILES string of the molecule is CC(=O)Oc1ccc(N=Nc2ccc(N=Nc3ccc(N4CCOC4)cc3)cc2)cc1.CCOCCC(=O)Oc1ccc(N=Nc2ccc(N=Nc3ccc(N4CCOC4)cc3)cc2)cc1.CCOCCC(=O)c1ccc(N=Nc2ccc(N=Nc3ccc(N4CCOC4)cc3)cc2)cc1.O=C(Oc1ccc(N=Nc2ccc(N=Nc3ccc(N4CCOC4)cc3)cc2)cc1)C(F)(F)F. The van der Waals surface area contributed by atoms with Crippen molar-refractivity contribution in [1.82, 2.24) is 0 Å². The zero-order chi connectivity index (χ0) is 93.3. The van der Waals surface area contributed by atoms with E-state index in [1.54, 1.807) is 97.1 Å². The number of benzene rings is 12. The monoisotopic (exact) mass is 1810 g/mol. The summed E-state index contributed by atoms with van der Waals surface area (Å²) in [4.78, 5) is 54.3. The number of nitrogens with zero attached hydrogens (tertiary/aromatic N) is 20. The Morgan fingerprint density at radius 2 is 0.485 bits per heavy atom. The number of rotatable bonds is 32. The summed E-state index contributed by atoms with van der Waals surface area (Å²) in [6.07, 6.45) is -4.47. The number of Topliss-reactive ketones (excluding diaryl/α,β-unsaturated/α-hetero) is 1. The van der Waals surface area contributed by atoms with E-state index in [1.807, 2.05) is 184 Å². The number of esters is 3. The second kappa shape index (κ2) is 50.4. The molecule has 0 atom stereocenters. The van der Waals surface area contributed by atoms with E-state index in [0.717, 1.165) is 115 Å². The van der Waals surface area contributed by atoms with Crippen LogP contribution >= 0.6 is 0 Å². The summed E-state index contributed by atoms with van der Waals surface area (Å²) in [6, 6.07) is 86.2. The number of carbonyl (C=O) groups excluding carboxylic acids is 4. The van der Waals surface area contributed by atoms with E-state index >= 15 is 0 Å². The van der Waals surface area contributed by atoms with E-state index < -0.39 is 12.1 Å². The van der Waals surface area contributed by atoms with Gasteiger partial charge in [-0.15, -0.1) is 0 Å². The molecule has 16 rings (SSSR count). The Labute approximate surface area is 769 Å². The van der Waals surface area contributed by atoms with Gasteiger partial charge in [-0.25, -0.2) is 4.79 Å². The minimum absolute atomic E-state index is 0.0545. The molecule has 12 aromatic carbocycles. The predicted molar refractivity (Wildman–Crippen MR) is 499 cm³/mol. The van der Waals surface area contributed by atoms with Crippen molar-refractivity contribution in [3.8, 4) is 17.2 Å². The highest BCUT2D eigenvalue weighted by Gasteiger charge is 2.41. The summed E-state index contributed by atoms with van der Waals surface area (Å²) in [5, 5.41) is 67.5. The Morgan fingerprint density at radius 3 is 0.694 bits per heavy atom. The van der Waals surface area contributed by atoms with Crippen LogP contribution in [0.25, 0.3) is 0 Å². The van der Waals surface area contributed by atoms with Gasteiger partial charge >= 0.3 is 24.1 Å². The Kier molecular flexibility index (Phi) is 36.1. The summed E-state index contributed by atoms with van der Waals surface area (Å²) in [5.74, 6) is -2.23. The molecule has 4 fully saturated rings. The summed E-state index contributed by atoms with van der Waals surface area (Å²) in [7, 11) is 0. The average Bonchev–Trinajstić information content (AvgIpc) is 1.73. The fraction of sp³-hybridized carbons (Fsp3) is 0.224. The summed E-state index contributed by atoms with van der Waals surface area (Å²) in [5.41, 5.74) is 15.9. The van der Waals surface area contributed by atoms with Crippen LogP contribution < -0.4 is 33.8 Å². The standard InChI is InChI=1S/C26H27N5O4.C26H27N5O3.C23H18F3N5O3.C23H21N5O3/c1-2-33-17-15-26(32)35-25-13-9-23(10-14-25)30-28-21-5-3-20(4-6-21)27-29-22-7-11-24(12-8-22)31-16-18-34-19-31;1-2-33-17-15-26(32)20-3-5-21(6-4-20)27-28-22-7-9-23(10-8-22)29-30-24-11-13-25(14-12-24)31-16-18-34-19-31;24-23(25,26)22(32)34-21-11-7-19(8-12-21)30-28-17-3-1-16(2-4-17)27-29-18-5-9-20(10-6-18)31-13-14-33-15-31;1-17(29)31-23-12-8-21(9-13-23)27-25-19-4-2-18(3-5-19)24-26-20-6-10-22(11-7-20)28-14-15-30-16-28/h3-14H,2,15-19H2,1H3;3-14H,2,15-19H2,1H3;1-12H,13-15H2;2-13H,14-16H2,1H3. The van der Waals surface area contributed by atoms with Crippen molar-refractivity contribution in [2.24, 2.45) is 81.8 Å². The Hall–Kier alpha value is -15.7. The van der Waals surface area contributed by atoms with Crippen molar-refractivity contribution in [3.63, 3.8) is 0 Å². The Bertz CT molecular complexity index is 5990. The summed E-state index contributed by atoms with van der Waals surface area (Å²) >= 11 is 0. The molecule has 0 unspecified atom stereocenters. The summed E-state index contributed by atoms with van der Waals surface area (Å²) < 4.78 is 83.0. The maximum atomic E-state index is 12.2. The van der Waals surface area contributed by atoms with Crippen LogP contribution in [0.2, 0.25) is 0 Å². The van der Waals surface area contributed by atoms with E-state index in [2.05, 4.69) is 106 Å². The molecule has 36 heteroatoms. The Morgan fingerprint density at radius 1 is 0.284 bits per heavy atom. The van der Waals surface area contributed by atoms with Gasteiger partial charge in [0.1, 0.15) is 44.2 Å². The van der Waals surface area contributed by atoms with Crippen LogP contribution in [0.15, 0.2) is 373 Å². The first kappa shape index (κ1) is 95.8. The minimum Gasteiger partial charge on any atom is -0.427 e. The van der Waals surface area contributed by atoms with Gasteiger partial charge in [0.2, 0.25) is 0 Å². The van der Waals surface area contributed by atoms with Gasteiger partial charge < -0.3 is 62.2 Å². The van der Waals surface area contributed by atoms with E-state index in [1.165, 1.54) is 31.2 Å². The van der Waals surface area contributed by atoms with E-state index in [9.17, 15) is 32.3 Å². The molecule has 0 spiro atoms. The predicted octanol–water partition coefficient (Wildman–Crippen LogP) is 26.6. The van der Waals surface area contributed by atoms with Crippen molar-refractivity contribution >= 4 is 137 Å². The maximum absolute atomic E-state index is 12.2. The quantitative estimate of drug-likeness (QED) is 0.0124. The first-order valence-electron chi connectivity index (χ1n) is 42.7. The molecule has 0 aliphatic carbocycles. The molecular weight excluding hydrogens is 1720 g/mol. The second-order valence-electron chi connectivity index (χ2n) is 29.2. The molecule has 134 heavy (non-hydrogen) atoms. The maximum Gasteiger partial charge on any atom is 0.491 e. The van der Waals surface area contributed by atoms with Gasteiger partial charge in [0.05, 0.1) is 137 Å². The third kappa shape index (κ3) is 31.8. The molecule has 4 aliphatic heterocycles. The van der Waals surface area contributed by atoms with Gasteiger partial charge in [0.25, 0.3) is 0 Å². The van der Waals surface area contributed by atoms with Crippen molar-refractivity contribution in [3.05, 3.63) is 297 Å². The number of hydrogen-bond donors (Lipinski definition) is 0. The number of ketones is 1. The second-order valence-corrected chi connectivity index (χ2v) is 29.2. The molecule has 4 aliphatic rings. The van der Waals surface area contributed by atoms with Crippen LogP contribution in [-0.2, 0) is 42.8 Å². The van der Waals surface area contributed by atoms with Crippen molar-refractivity contribution in [2.45, 2.75) is 39.8 Å². The lowest BCUT2D eigenvalue weighted by molar-refractivity contribution is -0.189. The highest BCUT2D eigenvalue weighted by molar-refractivity contribution is 5.96. The lowest BCUT2D eigenvalue weighted by Gasteiger charge is -2.15. The highest BCUT2D eigenvalue weighted by Crippen LogP contribution is 2.34. The molecule has 0 radical (unpaired) electrons. The zero-order valence-electron chi connectivity index (χ0n) is 73.3. The number of halogens is 3. The lowest BCUT2D eigenvalue weighted by Crippen LogP contribution is -2.27. The number of ether oxygens (including phenoxy) is 9. The van der Waals surface area contributed by atoms with Gasteiger partial charge in [-0.2, -0.15) is 95.0 Å². The number of hydrogen-bond acceptors (Lipinski definition) is 33. The van der Waals surface area contributed by atoms with Gasteiger partial charge in [0, 0.05) is 81.1 Å². The fourth-order valence-electron chi connectivity index (χ4n) is 12.4. The number of azo groups is 8. The zero-order valence-corrected chi connectivity index (χ0v) is 73.3. The van der Waals surface area contributed by atoms with E-state index in [0.29, 0.717) is 128 Å². The molecule has 33 nitrogen and oxygen atoms in total. The number of alkyl halides is 3. The Balaban J connectivity index is 0.000000152. The first-order valence-corrected chi connectivity index (χ1v) is 42.7. The molecule has 12 aromatic rings. The normalized spacial score (nSPS) is 13.9. The van der Waals surface area contributed by atoms with Gasteiger partial charge in [-0.1, -0.05) is 0 Å². The van der Waals surface area contributed by atoms with Crippen LogP contribution in [-0.4, -0.2) is 136 Å². The molecule has 0 bridgehead atoms. The molecule has 0 amide bonds. The molecule has 4 heterocycles. The number of carbonyl (C=O) groups is 4. The number of anilines is 4. The van der Waals surface area contributed by atoms with Crippen LogP contribution in [0.4, 0.5) is 127 Å². The average molecular weight is 1820 g/mol. The van der Waals surface area contributed by atoms with Crippen molar-refractivity contribution < 1.29 is 75.0 Å². The van der Waals surface area contributed by atoms with Crippen LogP contribution in [0.1, 0.15) is 44.0 Å². The van der Waals surface area contributed by atoms with Crippen molar-refractivity contribution in [2.75, 3.05) is 126 Å². The molecule has 0 aromatic heterocycles. The topological polar surface area (TPSA) is 362 Å². The molecule has 684 valence electrons. The first-order chi connectivity index (χ1) is 65.4. The molecule has 0 N–H and O–H groups in total. The van der Waals surface area contributed by atoms with Gasteiger partial charge in [-0.05, 0) is 305 Å². The third-order valence-electron chi connectivity index (χ3n) is 19.5. The highest BCUT2D eigenvalue weighted by atomic mass is 19.4. The molecular formula is C98H93F3N20O13. The summed E-state index contributed by atoms with van der Waals surface area (Å²) in [6.45, 7) is 16.2. The smallest absolute Gasteiger partial charge is 0.427 e. The molecule has 4 saturated heterocycles. The molecule has 0 saturated carbocycles. The van der Waals surface area contributed by atoms with Gasteiger partial charge in [0.15, 0.2) is 5.78 Å². The van der Waals surface area contributed by atoms with Gasteiger partial charge in [-0.3, -0.25) is 14.4 Å². The lowest BCUT2D eigenvalue weighted by atomic mass is 10.1. The van der Waals surface area contributed by atoms with Crippen LogP contribution in [0.3, 0.4) is 0 Å².